The van der Waals surface area contributed by atoms with Crippen LogP contribution in [-0.2, 0) is 0 Å². The van der Waals surface area contributed by atoms with Gasteiger partial charge in [-0.2, -0.15) is 5.26 Å². The van der Waals surface area contributed by atoms with Crippen LogP contribution >= 0.6 is 0 Å². The molecule has 4 nitrogen and oxygen atoms in total. The van der Waals surface area contributed by atoms with E-state index < -0.39 is 0 Å². The molecule has 60 valence electrons. The van der Waals surface area contributed by atoms with E-state index in [4.69, 9.17) is 11.0 Å². The summed E-state index contributed by atoms with van der Waals surface area (Å²) in [5, 5.41) is 11.0. The SMILES string of the molecule is N#C/C=C/Nc1ccc(N)nc1. The topological polar surface area (TPSA) is 74.7 Å². The summed E-state index contributed by atoms with van der Waals surface area (Å²) in [6.45, 7) is 0. The average molecular weight is 160 g/mol. The number of nitrogens with one attached hydrogen (secondary N) is 1. The van der Waals surface area contributed by atoms with Crippen LogP contribution in [-0.4, -0.2) is 4.98 Å². The van der Waals surface area contributed by atoms with E-state index in [1.54, 1.807) is 18.3 Å². The standard InChI is InChI=1S/C8H8N4/c9-4-1-5-11-7-2-3-8(10)12-6-7/h1-3,5-6,11H,(H2,10,12)/b5-1+. The summed E-state index contributed by atoms with van der Waals surface area (Å²) >= 11 is 0. The monoisotopic (exact) mass is 160 g/mol. The molecule has 12 heavy (non-hydrogen) atoms. The van der Waals surface area contributed by atoms with E-state index in [2.05, 4.69) is 10.3 Å². The second-order valence-electron chi connectivity index (χ2n) is 2.08. The van der Waals surface area contributed by atoms with Gasteiger partial charge >= 0.3 is 0 Å². The van der Waals surface area contributed by atoms with Crippen molar-refractivity contribution in [3.05, 3.63) is 30.6 Å². The van der Waals surface area contributed by atoms with Gasteiger partial charge in [-0.15, -0.1) is 0 Å². The van der Waals surface area contributed by atoms with Crippen LogP contribution < -0.4 is 11.1 Å². The Bertz CT molecular complexity index is 307. The predicted octanol–water partition coefficient (Wildman–Crippen LogP) is 1.11. The molecule has 0 aliphatic rings. The Morgan fingerprint density at radius 2 is 2.42 bits per heavy atom. The van der Waals surface area contributed by atoms with Crippen molar-refractivity contribution in [2.45, 2.75) is 0 Å². The van der Waals surface area contributed by atoms with Crippen LogP contribution in [0, 0.1) is 11.3 Å². The third-order valence-electron chi connectivity index (χ3n) is 1.19. The van der Waals surface area contributed by atoms with Crippen molar-refractivity contribution >= 4 is 11.5 Å². The van der Waals surface area contributed by atoms with E-state index in [-0.39, 0.29) is 0 Å². The molecule has 1 heterocycles. The predicted molar refractivity (Wildman–Crippen MR) is 47.0 cm³/mol. The van der Waals surface area contributed by atoms with E-state index in [1.165, 1.54) is 12.3 Å². The smallest absolute Gasteiger partial charge is 0.123 e. The lowest BCUT2D eigenvalue weighted by Crippen LogP contribution is -1.91. The van der Waals surface area contributed by atoms with Gasteiger partial charge in [-0.25, -0.2) is 4.98 Å². The van der Waals surface area contributed by atoms with Crippen molar-refractivity contribution < 1.29 is 0 Å². The van der Waals surface area contributed by atoms with Crippen LogP contribution in [0.15, 0.2) is 30.6 Å². The van der Waals surface area contributed by atoms with Crippen LogP contribution in [0.2, 0.25) is 0 Å². The molecule has 0 aliphatic carbocycles. The third kappa shape index (κ3) is 2.31. The Hall–Kier alpha value is -2.02. The summed E-state index contributed by atoms with van der Waals surface area (Å²) in [5.74, 6) is 0.477. The Morgan fingerprint density at radius 3 is 3.00 bits per heavy atom. The van der Waals surface area contributed by atoms with Crippen molar-refractivity contribution in [3.63, 3.8) is 0 Å². The molecule has 0 aromatic carbocycles. The molecule has 0 saturated carbocycles. The van der Waals surface area contributed by atoms with Gasteiger partial charge in [-0.3, -0.25) is 0 Å². The van der Waals surface area contributed by atoms with Crippen LogP contribution in [0.1, 0.15) is 0 Å². The van der Waals surface area contributed by atoms with Crippen LogP contribution in [0.4, 0.5) is 11.5 Å². The molecule has 0 radical (unpaired) electrons. The fraction of sp³-hybridized carbons (Fsp3) is 0. The zero-order chi connectivity index (χ0) is 8.81. The molecular weight excluding hydrogens is 152 g/mol. The summed E-state index contributed by atoms with van der Waals surface area (Å²) in [4.78, 5) is 3.86. The van der Waals surface area contributed by atoms with E-state index in [0.717, 1.165) is 5.69 Å². The molecule has 4 heteroatoms. The largest absolute Gasteiger partial charge is 0.384 e. The van der Waals surface area contributed by atoms with Crippen molar-refractivity contribution in [2.24, 2.45) is 0 Å². The van der Waals surface area contributed by atoms with Crippen molar-refractivity contribution in [3.8, 4) is 6.07 Å². The fourth-order valence-electron chi connectivity index (χ4n) is 0.666. The number of nitrogen functional groups attached to an aromatic ring is 1. The summed E-state index contributed by atoms with van der Waals surface area (Å²) in [6, 6.07) is 5.33. The molecule has 0 aliphatic heterocycles. The number of anilines is 2. The van der Waals surface area contributed by atoms with Gasteiger partial charge in [0.15, 0.2) is 0 Å². The Balaban J connectivity index is 2.60. The van der Waals surface area contributed by atoms with E-state index in [9.17, 15) is 0 Å². The molecular formula is C8H8N4. The number of rotatable bonds is 2. The summed E-state index contributed by atoms with van der Waals surface area (Å²) in [5.41, 5.74) is 6.17. The summed E-state index contributed by atoms with van der Waals surface area (Å²) < 4.78 is 0. The number of nitriles is 1. The minimum Gasteiger partial charge on any atom is -0.384 e. The molecule has 0 bridgehead atoms. The Labute approximate surface area is 70.3 Å². The molecule has 1 aromatic heterocycles. The lowest BCUT2D eigenvalue weighted by molar-refractivity contribution is 1.33. The number of hydrogen-bond acceptors (Lipinski definition) is 4. The third-order valence-corrected chi connectivity index (χ3v) is 1.19. The maximum atomic E-state index is 8.18. The molecule has 0 amide bonds. The Morgan fingerprint density at radius 1 is 1.58 bits per heavy atom. The van der Waals surface area contributed by atoms with E-state index in [0.29, 0.717) is 5.82 Å². The van der Waals surface area contributed by atoms with Gasteiger partial charge in [-0.1, -0.05) is 0 Å². The first-order chi connectivity index (χ1) is 5.83. The molecule has 0 unspecified atom stereocenters. The molecule has 1 aromatic rings. The number of hydrogen-bond donors (Lipinski definition) is 2. The first-order valence-corrected chi connectivity index (χ1v) is 3.35. The highest BCUT2D eigenvalue weighted by atomic mass is 14.9. The lowest BCUT2D eigenvalue weighted by atomic mass is 10.4. The number of aromatic nitrogens is 1. The van der Waals surface area contributed by atoms with Gasteiger partial charge in [-0.05, 0) is 12.1 Å². The van der Waals surface area contributed by atoms with Gasteiger partial charge in [0.25, 0.3) is 0 Å². The van der Waals surface area contributed by atoms with Crippen molar-refractivity contribution in [1.82, 2.24) is 4.98 Å². The molecule has 0 atom stereocenters. The van der Waals surface area contributed by atoms with Crippen LogP contribution in [0.3, 0.4) is 0 Å². The lowest BCUT2D eigenvalue weighted by Gasteiger charge is -1.98. The maximum absolute atomic E-state index is 8.18. The normalized spacial score (nSPS) is 9.58. The van der Waals surface area contributed by atoms with Gasteiger partial charge < -0.3 is 11.1 Å². The Kier molecular flexibility index (Phi) is 2.68. The minimum atomic E-state index is 0.477. The molecule has 3 N–H and O–H groups in total. The van der Waals surface area contributed by atoms with E-state index >= 15 is 0 Å². The zero-order valence-electron chi connectivity index (χ0n) is 6.36. The highest BCUT2D eigenvalue weighted by molar-refractivity contribution is 5.47. The van der Waals surface area contributed by atoms with Crippen molar-refractivity contribution in [1.29, 1.82) is 5.26 Å². The quantitative estimate of drug-likeness (QED) is 0.635. The zero-order valence-corrected chi connectivity index (χ0v) is 6.36. The molecule has 0 spiro atoms. The van der Waals surface area contributed by atoms with Gasteiger partial charge in [0.2, 0.25) is 0 Å². The summed E-state index contributed by atoms with van der Waals surface area (Å²) in [6.07, 6.45) is 4.47. The molecule has 0 fully saturated rings. The number of pyridine rings is 1. The fourth-order valence-corrected chi connectivity index (χ4v) is 0.666. The number of nitrogens with zero attached hydrogens (tertiary/aromatic N) is 2. The second-order valence-corrected chi connectivity index (χ2v) is 2.08. The molecule has 1 rings (SSSR count). The van der Waals surface area contributed by atoms with E-state index in [1.807, 2.05) is 6.07 Å². The van der Waals surface area contributed by atoms with Crippen LogP contribution in [0.25, 0.3) is 0 Å². The summed E-state index contributed by atoms with van der Waals surface area (Å²) in [7, 11) is 0. The average Bonchev–Trinajstić information content (AvgIpc) is 2.09. The van der Waals surface area contributed by atoms with Crippen LogP contribution in [0.5, 0.6) is 0 Å². The highest BCUT2D eigenvalue weighted by Crippen LogP contribution is 2.05. The van der Waals surface area contributed by atoms with Gasteiger partial charge in [0.05, 0.1) is 18.0 Å². The van der Waals surface area contributed by atoms with Crippen molar-refractivity contribution in [2.75, 3.05) is 11.1 Å². The first kappa shape index (κ1) is 8.08. The second kappa shape index (κ2) is 3.98. The van der Waals surface area contributed by atoms with Gasteiger partial charge in [0.1, 0.15) is 5.82 Å². The highest BCUT2D eigenvalue weighted by Gasteiger charge is 1.87. The first-order valence-electron chi connectivity index (χ1n) is 3.35. The number of allylic oxidation sites excluding steroid dienone is 1. The van der Waals surface area contributed by atoms with Gasteiger partial charge in [0, 0.05) is 12.3 Å². The minimum absolute atomic E-state index is 0.477. The molecule has 0 saturated heterocycles. The maximum Gasteiger partial charge on any atom is 0.123 e. The number of nitrogens with two attached hydrogens (primary N) is 1.